The Bertz CT molecular complexity index is 778. The summed E-state index contributed by atoms with van der Waals surface area (Å²) >= 11 is 6.63. The molecule has 0 aliphatic carbocycles. The van der Waals surface area contributed by atoms with Crippen molar-refractivity contribution in [3.05, 3.63) is 29.0 Å². The van der Waals surface area contributed by atoms with Gasteiger partial charge in [0.2, 0.25) is 15.9 Å². The van der Waals surface area contributed by atoms with Gasteiger partial charge in [-0.05, 0) is 31.0 Å². The molecule has 0 bridgehead atoms. The third kappa shape index (κ3) is 3.17. The molecule has 0 saturated carbocycles. The van der Waals surface area contributed by atoms with Crippen LogP contribution in [-0.2, 0) is 14.8 Å². The molecule has 0 radical (unpaired) electrons. The van der Waals surface area contributed by atoms with Crippen molar-refractivity contribution < 1.29 is 22.4 Å². The number of nitrogens with zero attached hydrogens (tertiary/aromatic N) is 2. The van der Waals surface area contributed by atoms with E-state index < -0.39 is 15.8 Å². The van der Waals surface area contributed by atoms with Crippen molar-refractivity contribution in [2.45, 2.75) is 23.8 Å². The molecule has 0 N–H and O–H groups in total. The molecule has 0 atom stereocenters. The number of halogens is 2. The number of carbonyl (C=O) groups is 2. The normalized spacial score (nSPS) is 20.8. The maximum Gasteiger partial charge on any atom is 0.289 e. The van der Waals surface area contributed by atoms with Crippen LogP contribution in [0.3, 0.4) is 0 Å². The summed E-state index contributed by atoms with van der Waals surface area (Å²) in [4.78, 5) is 24.7. The van der Waals surface area contributed by atoms with Gasteiger partial charge in [0.25, 0.3) is 5.24 Å². The van der Waals surface area contributed by atoms with E-state index in [4.69, 9.17) is 11.6 Å². The molecule has 24 heavy (non-hydrogen) atoms. The first kappa shape index (κ1) is 17.7. The third-order valence-electron chi connectivity index (χ3n) is 4.10. The van der Waals surface area contributed by atoms with Gasteiger partial charge in [-0.3, -0.25) is 14.5 Å². The van der Waals surface area contributed by atoms with Gasteiger partial charge >= 0.3 is 0 Å². The molecule has 1 aromatic rings. The molecule has 2 aliphatic rings. The Kier molecular flexibility index (Phi) is 4.87. The lowest BCUT2D eigenvalue weighted by Crippen LogP contribution is -2.48. The van der Waals surface area contributed by atoms with Crippen molar-refractivity contribution in [3.8, 4) is 0 Å². The fourth-order valence-corrected chi connectivity index (χ4v) is 5.36. The second-order valence-corrected chi connectivity index (χ2v) is 8.80. The molecule has 2 amide bonds. The number of rotatable bonds is 3. The van der Waals surface area contributed by atoms with Crippen molar-refractivity contribution in [3.63, 3.8) is 0 Å². The number of thioether (sulfide) groups is 1. The summed E-state index contributed by atoms with van der Waals surface area (Å²) in [6.07, 6.45) is 0.762. The molecule has 2 heterocycles. The van der Waals surface area contributed by atoms with Crippen molar-refractivity contribution in [2.75, 3.05) is 18.8 Å². The molecule has 0 aromatic heterocycles. The van der Waals surface area contributed by atoms with Crippen LogP contribution in [0.4, 0.5) is 9.18 Å². The number of piperidine rings is 1. The summed E-state index contributed by atoms with van der Waals surface area (Å²) in [6.45, 7) is 0.368. The van der Waals surface area contributed by atoms with Crippen LogP contribution in [0.1, 0.15) is 12.8 Å². The minimum absolute atomic E-state index is 0.0729. The standard InChI is InChI=1S/C14H14ClFN2O4S2/c15-11-7-10(1-2-12(11)16)24(21,22)17-5-3-9(4-6-17)18-13(19)8-23-14(18)20/h1-2,7,9H,3-6,8H2. The van der Waals surface area contributed by atoms with Crippen LogP contribution in [0.15, 0.2) is 23.1 Å². The summed E-state index contributed by atoms with van der Waals surface area (Å²) in [7, 11) is -3.79. The molecule has 0 unspecified atom stereocenters. The van der Waals surface area contributed by atoms with Gasteiger partial charge < -0.3 is 0 Å². The van der Waals surface area contributed by atoms with Crippen LogP contribution in [0.25, 0.3) is 0 Å². The number of carbonyl (C=O) groups excluding carboxylic acids is 2. The van der Waals surface area contributed by atoms with E-state index in [9.17, 15) is 22.4 Å². The highest BCUT2D eigenvalue weighted by Crippen LogP contribution is 2.29. The Morgan fingerprint density at radius 2 is 1.88 bits per heavy atom. The Balaban J connectivity index is 1.72. The Labute approximate surface area is 148 Å². The fourth-order valence-electron chi connectivity index (χ4n) is 2.84. The van der Waals surface area contributed by atoms with E-state index in [-0.39, 0.29) is 45.9 Å². The molecule has 2 aliphatic heterocycles. The van der Waals surface area contributed by atoms with Crippen LogP contribution in [-0.4, -0.2) is 53.7 Å². The number of sulfonamides is 1. The van der Waals surface area contributed by atoms with Gasteiger partial charge in [0.05, 0.1) is 15.7 Å². The van der Waals surface area contributed by atoms with Crippen molar-refractivity contribution in [2.24, 2.45) is 0 Å². The van der Waals surface area contributed by atoms with Crippen molar-refractivity contribution in [1.29, 1.82) is 0 Å². The predicted octanol–water partition coefficient (Wildman–Crippen LogP) is 2.33. The topological polar surface area (TPSA) is 74.8 Å². The van der Waals surface area contributed by atoms with E-state index >= 15 is 0 Å². The zero-order valence-electron chi connectivity index (χ0n) is 12.4. The van der Waals surface area contributed by atoms with Crippen LogP contribution >= 0.6 is 23.4 Å². The van der Waals surface area contributed by atoms with E-state index in [1.807, 2.05) is 0 Å². The van der Waals surface area contributed by atoms with E-state index in [0.717, 1.165) is 23.9 Å². The highest BCUT2D eigenvalue weighted by Gasteiger charge is 2.39. The number of benzene rings is 1. The Morgan fingerprint density at radius 1 is 1.21 bits per heavy atom. The second-order valence-electron chi connectivity index (χ2n) is 5.53. The molecule has 10 heteroatoms. The lowest BCUT2D eigenvalue weighted by molar-refractivity contribution is -0.126. The summed E-state index contributed by atoms with van der Waals surface area (Å²) < 4.78 is 39.7. The van der Waals surface area contributed by atoms with Gasteiger partial charge in [-0.2, -0.15) is 4.31 Å². The molecule has 130 valence electrons. The number of hydrogen-bond acceptors (Lipinski definition) is 5. The summed E-state index contributed by atoms with van der Waals surface area (Å²) in [5.41, 5.74) is 0. The second kappa shape index (κ2) is 6.62. The lowest BCUT2D eigenvalue weighted by atomic mass is 10.1. The fraction of sp³-hybridized carbons (Fsp3) is 0.429. The minimum Gasteiger partial charge on any atom is -0.273 e. The molecule has 0 spiro atoms. The van der Waals surface area contributed by atoms with Gasteiger partial charge in [-0.1, -0.05) is 23.4 Å². The van der Waals surface area contributed by atoms with E-state index in [1.54, 1.807) is 0 Å². The van der Waals surface area contributed by atoms with Gasteiger partial charge in [0, 0.05) is 19.1 Å². The van der Waals surface area contributed by atoms with Crippen LogP contribution in [0.5, 0.6) is 0 Å². The van der Waals surface area contributed by atoms with E-state index in [1.165, 1.54) is 15.3 Å². The molecule has 6 nitrogen and oxygen atoms in total. The van der Waals surface area contributed by atoms with Gasteiger partial charge in [-0.15, -0.1) is 0 Å². The van der Waals surface area contributed by atoms with Gasteiger partial charge in [-0.25, -0.2) is 12.8 Å². The summed E-state index contributed by atoms with van der Waals surface area (Å²) in [5, 5.41) is -0.525. The Hall–Kier alpha value is -1.16. The largest absolute Gasteiger partial charge is 0.289 e. The molecule has 3 rings (SSSR count). The van der Waals surface area contributed by atoms with Gasteiger partial charge in [0.1, 0.15) is 5.82 Å². The first-order valence-electron chi connectivity index (χ1n) is 7.24. The van der Waals surface area contributed by atoms with E-state index in [2.05, 4.69) is 0 Å². The molecular weight excluding hydrogens is 379 g/mol. The first-order chi connectivity index (χ1) is 11.3. The zero-order valence-corrected chi connectivity index (χ0v) is 14.8. The molecular formula is C14H14ClFN2O4S2. The summed E-state index contributed by atoms with van der Waals surface area (Å²) in [6, 6.07) is 3.00. The van der Waals surface area contributed by atoms with E-state index in [0.29, 0.717) is 12.8 Å². The van der Waals surface area contributed by atoms with Crippen molar-refractivity contribution in [1.82, 2.24) is 9.21 Å². The zero-order chi connectivity index (χ0) is 17.5. The van der Waals surface area contributed by atoms with Crippen molar-refractivity contribution >= 4 is 44.5 Å². The minimum atomic E-state index is -3.79. The van der Waals surface area contributed by atoms with Crippen LogP contribution in [0, 0.1) is 5.82 Å². The third-order valence-corrected chi connectivity index (χ3v) is 7.12. The maximum atomic E-state index is 13.2. The highest BCUT2D eigenvalue weighted by atomic mass is 35.5. The smallest absolute Gasteiger partial charge is 0.273 e. The average molecular weight is 393 g/mol. The van der Waals surface area contributed by atoms with Crippen LogP contribution < -0.4 is 0 Å². The number of amides is 2. The SMILES string of the molecule is O=C1CSC(=O)N1C1CCN(S(=O)(=O)c2ccc(F)c(Cl)c2)CC1. The monoisotopic (exact) mass is 392 g/mol. The quantitative estimate of drug-likeness (QED) is 0.789. The Morgan fingerprint density at radius 3 is 2.42 bits per heavy atom. The number of hydrogen-bond donors (Lipinski definition) is 0. The average Bonchev–Trinajstić information content (AvgIpc) is 2.89. The number of imide groups is 1. The van der Waals surface area contributed by atoms with Gasteiger partial charge in [0.15, 0.2) is 0 Å². The van der Waals surface area contributed by atoms with Crippen LogP contribution in [0.2, 0.25) is 5.02 Å². The lowest BCUT2D eigenvalue weighted by Gasteiger charge is -2.34. The molecule has 2 saturated heterocycles. The highest BCUT2D eigenvalue weighted by molar-refractivity contribution is 8.14. The molecule has 1 aromatic carbocycles. The summed E-state index contributed by atoms with van der Waals surface area (Å²) in [5.74, 6) is -0.764. The molecule has 2 fully saturated rings. The predicted molar refractivity (Wildman–Crippen MR) is 87.9 cm³/mol. The maximum absolute atomic E-state index is 13.2. The first-order valence-corrected chi connectivity index (χ1v) is 10.0.